The molecule has 0 aliphatic carbocycles. The molecule has 1 aliphatic heterocycles. The van der Waals surface area contributed by atoms with Gasteiger partial charge in [-0.3, -0.25) is 4.99 Å². The van der Waals surface area contributed by atoms with E-state index in [1.807, 2.05) is 18.2 Å². The highest BCUT2D eigenvalue weighted by molar-refractivity contribution is 5.79. The van der Waals surface area contributed by atoms with Crippen molar-refractivity contribution < 1.29 is 18.9 Å². The number of methoxy groups -OCH3 is 2. The normalized spacial score (nSPS) is 15.4. The molecule has 0 aromatic heterocycles. The van der Waals surface area contributed by atoms with Gasteiger partial charge >= 0.3 is 0 Å². The van der Waals surface area contributed by atoms with Crippen molar-refractivity contribution in [1.29, 1.82) is 0 Å². The number of ether oxygens (including phenoxy) is 4. The molecular formula is C20H33N3O4. The number of hydrogen-bond donors (Lipinski definition) is 2. The van der Waals surface area contributed by atoms with E-state index in [0.717, 1.165) is 76.1 Å². The van der Waals surface area contributed by atoms with Crippen LogP contribution in [-0.4, -0.2) is 66.2 Å². The van der Waals surface area contributed by atoms with Crippen molar-refractivity contribution in [1.82, 2.24) is 10.6 Å². The van der Waals surface area contributed by atoms with E-state index >= 15 is 0 Å². The molecule has 0 atom stereocenters. The molecule has 1 heterocycles. The Hall–Kier alpha value is -1.99. The first-order valence-electron chi connectivity index (χ1n) is 9.61. The molecule has 1 saturated heterocycles. The Labute approximate surface area is 162 Å². The smallest absolute Gasteiger partial charge is 0.190 e. The summed E-state index contributed by atoms with van der Waals surface area (Å²) >= 11 is 0. The Morgan fingerprint density at radius 2 is 1.85 bits per heavy atom. The van der Waals surface area contributed by atoms with Gasteiger partial charge in [0.05, 0.1) is 20.3 Å². The van der Waals surface area contributed by atoms with Crippen molar-refractivity contribution in [3.8, 4) is 11.5 Å². The van der Waals surface area contributed by atoms with Crippen LogP contribution in [0.2, 0.25) is 0 Å². The van der Waals surface area contributed by atoms with Gasteiger partial charge in [-0.15, -0.1) is 0 Å². The molecule has 0 spiro atoms. The molecule has 0 bridgehead atoms. The summed E-state index contributed by atoms with van der Waals surface area (Å²) in [5, 5.41) is 6.66. The molecular weight excluding hydrogens is 346 g/mol. The predicted octanol–water partition coefficient (Wildman–Crippen LogP) is 2.00. The minimum Gasteiger partial charge on any atom is -0.493 e. The Balaban J connectivity index is 1.61. The molecule has 0 radical (unpaired) electrons. The molecule has 0 amide bonds. The van der Waals surface area contributed by atoms with E-state index in [0.29, 0.717) is 6.10 Å². The van der Waals surface area contributed by atoms with Gasteiger partial charge in [0, 0.05) is 40.0 Å². The van der Waals surface area contributed by atoms with Crippen molar-refractivity contribution in [3.63, 3.8) is 0 Å². The summed E-state index contributed by atoms with van der Waals surface area (Å²) in [7, 11) is 5.07. The average Bonchev–Trinajstić information content (AvgIpc) is 2.72. The maximum absolute atomic E-state index is 5.88. The second-order valence-corrected chi connectivity index (χ2v) is 6.40. The quantitative estimate of drug-likeness (QED) is 0.368. The van der Waals surface area contributed by atoms with E-state index < -0.39 is 0 Å². The lowest BCUT2D eigenvalue weighted by molar-refractivity contribution is -0.0320. The van der Waals surface area contributed by atoms with E-state index in [9.17, 15) is 0 Å². The molecule has 27 heavy (non-hydrogen) atoms. The number of benzene rings is 1. The summed E-state index contributed by atoms with van der Waals surface area (Å²) in [4.78, 5) is 4.26. The van der Waals surface area contributed by atoms with Gasteiger partial charge in [-0.2, -0.15) is 0 Å². The number of aliphatic imine (C=N–C) groups is 1. The van der Waals surface area contributed by atoms with Crippen LogP contribution in [0, 0.1) is 0 Å². The predicted molar refractivity (Wildman–Crippen MR) is 107 cm³/mol. The van der Waals surface area contributed by atoms with Crippen LogP contribution in [0.5, 0.6) is 11.5 Å². The van der Waals surface area contributed by atoms with Gasteiger partial charge in [0.2, 0.25) is 0 Å². The number of guanidine groups is 1. The molecule has 2 N–H and O–H groups in total. The summed E-state index contributed by atoms with van der Waals surface area (Å²) in [6.07, 6.45) is 4.19. The van der Waals surface area contributed by atoms with Crippen molar-refractivity contribution >= 4 is 5.96 Å². The lowest BCUT2D eigenvalue weighted by atomic mass is 10.1. The number of nitrogens with zero attached hydrogens (tertiary/aromatic N) is 1. The summed E-state index contributed by atoms with van der Waals surface area (Å²) < 4.78 is 21.8. The first kappa shape index (κ1) is 21.3. The van der Waals surface area contributed by atoms with E-state index in [-0.39, 0.29) is 0 Å². The van der Waals surface area contributed by atoms with E-state index in [4.69, 9.17) is 18.9 Å². The fraction of sp³-hybridized carbons (Fsp3) is 0.650. The van der Waals surface area contributed by atoms with Crippen LogP contribution in [0.15, 0.2) is 23.2 Å². The number of hydrogen-bond acceptors (Lipinski definition) is 5. The SMILES string of the molecule is CN=C(NCCCOC1CCOCC1)NCCc1ccc(OC)c(OC)c1. The largest absolute Gasteiger partial charge is 0.493 e. The molecule has 1 fully saturated rings. The molecule has 1 aromatic rings. The zero-order valence-electron chi connectivity index (χ0n) is 16.8. The van der Waals surface area contributed by atoms with Crippen molar-refractivity contribution in [3.05, 3.63) is 23.8 Å². The minimum absolute atomic E-state index is 0.359. The van der Waals surface area contributed by atoms with Crippen LogP contribution >= 0.6 is 0 Å². The molecule has 0 saturated carbocycles. The molecule has 7 heteroatoms. The van der Waals surface area contributed by atoms with E-state index in [2.05, 4.69) is 15.6 Å². The van der Waals surface area contributed by atoms with Crippen LogP contribution in [-0.2, 0) is 15.9 Å². The highest BCUT2D eigenvalue weighted by atomic mass is 16.5. The summed E-state index contributed by atoms with van der Waals surface area (Å²) in [6, 6.07) is 5.98. The van der Waals surface area contributed by atoms with Crippen LogP contribution in [0.1, 0.15) is 24.8 Å². The third-order valence-corrected chi connectivity index (χ3v) is 4.51. The Kier molecular flexibility index (Phi) is 9.79. The van der Waals surface area contributed by atoms with E-state index in [1.54, 1.807) is 21.3 Å². The summed E-state index contributed by atoms with van der Waals surface area (Å²) in [6.45, 7) is 4.02. The Morgan fingerprint density at radius 1 is 1.11 bits per heavy atom. The maximum Gasteiger partial charge on any atom is 0.190 e. The van der Waals surface area contributed by atoms with Gasteiger partial charge < -0.3 is 29.6 Å². The lowest BCUT2D eigenvalue weighted by Gasteiger charge is -2.22. The van der Waals surface area contributed by atoms with Crippen LogP contribution in [0.4, 0.5) is 0 Å². The third kappa shape index (κ3) is 7.64. The average molecular weight is 380 g/mol. The second kappa shape index (κ2) is 12.4. The minimum atomic E-state index is 0.359. The molecule has 2 rings (SSSR count). The van der Waals surface area contributed by atoms with Gasteiger partial charge in [-0.1, -0.05) is 6.07 Å². The Bertz CT molecular complexity index is 574. The molecule has 152 valence electrons. The fourth-order valence-corrected chi connectivity index (χ4v) is 2.95. The van der Waals surface area contributed by atoms with Gasteiger partial charge in [0.15, 0.2) is 17.5 Å². The highest BCUT2D eigenvalue weighted by Crippen LogP contribution is 2.27. The number of nitrogens with one attached hydrogen (secondary N) is 2. The molecule has 1 aromatic carbocycles. The zero-order chi connectivity index (χ0) is 19.3. The third-order valence-electron chi connectivity index (χ3n) is 4.51. The first-order valence-corrected chi connectivity index (χ1v) is 9.61. The topological polar surface area (TPSA) is 73.3 Å². The van der Waals surface area contributed by atoms with Crippen molar-refractivity contribution in [2.24, 2.45) is 4.99 Å². The van der Waals surface area contributed by atoms with Gasteiger partial charge in [-0.05, 0) is 43.4 Å². The van der Waals surface area contributed by atoms with Gasteiger partial charge in [-0.25, -0.2) is 0 Å². The lowest BCUT2D eigenvalue weighted by Crippen LogP contribution is -2.39. The monoisotopic (exact) mass is 379 g/mol. The number of rotatable bonds is 10. The van der Waals surface area contributed by atoms with Crippen molar-refractivity contribution in [2.75, 3.05) is 54.2 Å². The molecule has 0 unspecified atom stereocenters. The standard InChI is InChI=1S/C20H33N3O4/c1-21-20(22-10-4-12-27-17-8-13-26-14-9-17)23-11-7-16-5-6-18(24-2)19(15-16)25-3/h5-6,15,17H,4,7-14H2,1-3H3,(H2,21,22,23). The van der Waals surface area contributed by atoms with Crippen LogP contribution < -0.4 is 20.1 Å². The maximum atomic E-state index is 5.88. The summed E-state index contributed by atoms with van der Waals surface area (Å²) in [5.74, 6) is 2.30. The zero-order valence-corrected chi connectivity index (χ0v) is 16.8. The molecule has 7 nitrogen and oxygen atoms in total. The van der Waals surface area contributed by atoms with Crippen LogP contribution in [0.25, 0.3) is 0 Å². The molecule has 1 aliphatic rings. The highest BCUT2D eigenvalue weighted by Gasteiger charge is 2.13. The van der Waals surface area contributed by atoms with Crippen LogP contribution in [0.3, 0.4) is 0 Å². The second-order valence-electron chi connectivity index (χ2n) is 6.40. The fourth-order valence-electron chi connectivity index (χ4n) is 2.95. The Morgan fingerprint density at radius 3 is 2.56 bits per heavy atom. The summed E-state index contributed by atoms with van der Waals surface area (Å²) in [5.41, 5.74) is 1.18. The van der Waals surface area contributed by atoms with Gasteiger partial charge in [0.25, 0.3) is 0 Å². The van der Waals surface area contributed by atoms with Crippen molar-refractivity contribution in [2.45, 2.75) is 31.8 Å². The first-order chi connectivity index (χ1) is 13.3. The van der Waals surface area contributed by atoms with Gasteiger partial charge in [0.1, 0.15) is 0 Å². The van der Waals surface area contributed by atoms with E-state index in [1.165, 1.54) is 5.56 Å².